The van der Waals surface area contributed by atoms with Gasteiger partial charge in [-0.2, -0.15) is 5.26 Å². The minimum absolute atomic E-state index is 0.176. The molecule has 1 fully saturated rings. The molecule has 2 nitrogen and oxygen atoms in total. The Morgan fingerprint density at radius 3 is 2.65 bits per heavy atom. The van der Waals surface area contributed by atoms with Gasteiger partial charge in [0.05, 0.1) is 12.0 Å². The van der Waals surface area contributed by atoms with Gasteiger partial charge in [-0.1, -0.05) is 30.3 Å². The summed E-state index contributed by atoms with van der Waals surface area (Å²) in [6.07, 6.45) is 2.07. The van der Waals surface area contributed by atoms with Crippen molar-refractivity contribution in [3.05, 3.63) is 35.9 Å². The zero-order valence-corrected chi connectivity index (χ0v) is 10.7. The fraction of sp³-hybridized carbons (Fsp3) is 0.533. The van der Waals surface area contributed by atoms with E-state index in [1.807, 2.05) is 0 Å². The number of hydrogen-bond acceptors (Lipinski definition) is 2. The normalized spacial score (nSPS) is 23.5. The molecule has 0 amide bonds. The van der Waals surface area contributed by atoms with Crippen LogP contribution >= 0.6 is 0 Å². The maximum Gasteiger partial charge on any atom is 0.0670 e. The summed E-state index contributed by atoms with van der Waals surface area (Å²) in [4.78, 5) is 2.45. The number of rotatable bonds is 3. The third kappa shape index (κ3) is 2.87. The molecule has 1 unspecified atom stereocenters. The molecule has 0 spiro atoms. The molecule has 2 heteroatoms. The Kier molecular flexibility index (Phi) is 3.49. The topological polar surface area (TPSA) is 27.0 Å². The molecule has 1 atom stereocenters. The smallest absolute Gasteiger partial charge is 0.0670 e. The van der Waals surface area contributed by atoms with Crippen molar-refractivity contribution in [3.63, 3.8) is 0 Å². The summed E-state index contributed by atoms with van der Waals surface area (Å²) in [5.74, 6) is 0.209. The zero-order chi connectivity index (χ0) is 12.3. The largest absolute Gasteiger partial charge is 0.297 e. The van der Waals surface area contributed by atoms with Crippen LogP contribution in [0, 0.1) is 17.2 Å². The van der Waals surface area contributed by atoms with E-state index in [9.17, 15) is 0 Å². The van der Waals surface area contributed by atoms with Crippen molar-refractivity contribution in [3.8, 4) is 6.07 Å². The SMILES string of the molecule is CC1(C)CC(C#N)CN1CCc1ccccc1. The fourth-order valence-corrected chi connectivity index (χ4v) is 2.70. The summed E-state index contributed by atoms with van der Waals surface area (Å²) in [7, 11) is 0. The second-order valence-corrected chi connectivity index (χ2v) is 5.52. The van der Waals surface area contributed by atoms with E-state index in [1.54, 1.807) is 0 Å². The number of nitrogens with zero attached hydrogens (tertiary/aromatic N) is 2. The molecular weight excluding hydrogens is 208 g/mol. The van der Waals surface area contributed by atoms with Crippen LogP contribution in [0.5, 0.6) is 0 Å². The van der Waals surface area contributed by atoms with Crippen molar-refractivity contribution >= 4 is 0 Å². The molecule has 0 bridgehead atoms. The molecule has 2 rings (SSSR count). The summed E-state index contributed by atoms with van der Waals surface area (Å²) >= 11 is 0. The summed E-state index contributed by atoms with van der Waals surface area (Å²) in [5.41, 5.74) is 1.55. The third-order valence-corrected chi connectivity index (χ3v) is 3.74. The van der Waals surface area contributed by atoms with Gasteiger partial charge in [0.15, 0.2) is 0 Å². The van der Waals surface area contributed by atoms with Gasteiger partial charge in [0.25, 0.3) is 0 Å². The van der Waals surface area contributed by atoms with Crippen molar-refractivity contribution in [1.82, 2.24) is 4.90 Å². The van der Waals surface area contributed by atoms with Crippen LogP contribution in [0.1, 0.15) is 25.8 Å². The minimum Gasteiger partial charge on any atom is -0.297 e. The lowest BCUT2D eigenvalue weighted by Crippen LogP contribution is -2.39. The van der Waals surface area contributed by atoms with Crippen LogP contribution in [0.2, 0.25) is 0 Å². The van der Waals surface area contributed by atoms with Gasteiger partial charge in [0, 0.05) is 18.6 Å². The summed E-state index contributed by atoms with van der Waals surface area (Å²) in [6.45, 7) is 6.47. The maximum absolute atomic E-state index is 9.02. The van der Waals surface area contributed by atoms with Gasteiger partial charge in [-0.15, -0.1) is 0 Å². The highest BCUT2D eigenvalue weighted by atomic mass is 15.2. The van der Waals surface area contributed by atoms with Crippen molar-refractivity contribution in [2.24, 2.45) is 5.92 Å². The Balaban J connectivity index is 1.94. The Labute approximate surface area is 104 Å². The second kappa shape index (κ2) is 4.89. The second-order valence-electron chi connectivity index (χ2n) is 5.52. The fourth-order valence-electron chi connectivity index (χ4n) is 2.70. The van der Waals surface area contributed by atoms with E-state index in [-0.39, 0.29) is 11.5 Å². The van der Waals surface area contributed by atoms with Crippen LogP contribution in [-0.2, 0) is 6.42 Å². The highest BCUT2D eigenvalue weighted by Gasteiger charge is 2.37. The molecule has 0 aliphatic carbocycles. The predicted molar refractivity (Wildman–Crippen MR) is 69.5 cm³/mol. The first kappa shape index (κ1) is 12.1. The van der Waals surface area contributed by atoms with Gasteiger partial charge in [0.1, 0.15) is 0 Å². The molecule has 90 valence electrons. The average molecular weight is 228 g/mol. The van der Waals surface area contributed by atoms with E-state index in [2.05, 4.69) is 55.1 Å². The lowest BCUT2D eigenvalue weighted by Gasteiger charge is -2.31. The average Bonchev–Trinajstić information content (AvgIpc) is 2.63. The van der Waals surface area contributed by atoms with Gasteiger partial charge in [-0.3, -0.25) is 4.90 Å². The quantitative estimate of drug-likeness (QED) is 0.795. The van der Waals surface area contributed by atoms with Crippen LogP contribution in [-0.4, -0.2) is 23.5 Å². The number of benzene rings is 1. The molecule has 1 aliphatic rings. The van der Waals surface area contributed by atoms with E-state index >= 15 is 0 Å². The third-order valence-electron chi connectivity index (χ3n) is 3.74. The van der Waals surface area contributed by atoms with Crippen molar-refractivity contribution < 1.29 is 0 Å². The Hall–Kier alpha value is -1.33. The standard InChI is InChI=1S/C15H20N2/c1-15(2)10-14(11-16)12-17(15)9-8-13-6-4-3-5-7-13/h3-7,14H,8-10,12H2,1-2H3. The van der Waals surface area contributed by atoms with Crippen LogP contribution in [0.25, 0.3) is 0 Å². The van der Waals surface area contributed by atoms with Gasteiger partial charge in [0.2, 0.25) is 0 Å². The van der Waals surface area contributed by atoms with Crippen LogP contribution in [0.15, 0.2) is 30.3 Å². The van der Waals surface area contributed by atoms with E-state index in [4.69, 9.17) is 5.26 Å². The van der Waals surface area contributed by atoms with Gasteiger partial charge in [-0.05, 0) is 32.3 Å². The molecule has 1 aromatic rings. The predicted octanol–water partition coefficient (Wildman–Crippen LogP) is 2.85. The Bertz CT molecular complexity index is 403. The van der Waals surface area contributed by atoms with E-state index in [0.29, 0.717) is 0 Å². The highest BCUT2D eigenvalue weighted by molar-refractivity contribution is 5.15. The van der Waals surface area contributed by atoms with E-state index in [0.717, 1.165) is 25.9 Å². The number of hydrogen-bond donors (Lipinski definition) is 0. The first-order valence-electron chi connectivity index (χ1n) is 6.30. The van der Waals surface area contributed by atoms with Crippen molar-refractivity contribution in [1.29, 1.82) is 5.26 Å². The molecule has 17 heavy (non-hydrogen) atoms. The summed E-state index contributed by atoms with van der Waals surface area (Å²) in [6, 6.07) is 13.0. The molecule has 0 N–H and O–H groups in total. The molecule has 1 saturated heterocycles. The molecule has 0 aromatic heterocycles. The molecule has 1 aliphatic heterocycles. The van der Waals surface area contributed by atoms with Gasteiger partial charge >= 0.3 is 0 Å². The first-order chi connectivity index (χ1) is 8.12. The molecule has 1 heterocycles. The van der Waals surface area contributed by atoms with Crippen molar-refractivity contribution in [2.75, 3.05) is 13.1 Å². The Morgan fingerprint density at radius 2 is 2.06 bits per heavy atom. The van der Waals surface area contributed by atoms with Crippen LogP contribution in [0.3, 0.4) is 0 Å². The van der Waals surface area contributed by atoms with E-state index < -0.39 is 0 Å². The monoisotopic (exact) mass is 228 g/mol. The van der Waals surface area contributed by atoms with Gasteiger partial charge in [-0.25, -0.2) is 0 Å². The number of nitriles is 1. The van der Waals surface area contributed by atoms with Crippen LogP contribution < -0.4 is 0 Å². The summed E-state index contributed by atoms with van der Waals surface area (Å²) in [5, 5.41) is 9.02. The van der Waals surface area contributed by atoms with Gasteiger partial charge < -0.3 is 0 Å². The lowest BCUT2D eigenvalue weighted by molar-refractivity contribution is 0.177. The summed E-state index contributed by atoms with van der Waals surface area (Å²) < 4.78 is 0. The molecule has 0 radical (unpaired) electrons. The lowest BCUT2D eigenvalue weighted by atomic mass is 9.97. The van der Waals surface area contributed by atoms with Crippen molar-refractivity contribution in [2.45, 2.75) is 32.2 Å². The zero-order valence-electron chi connectivity index (χ0n) is 10.7. The maximum atomic E-state index is 9.02. The Morgan fingerprint density at radius 1 is 1.35 bits per heavy atom. The van der Waals surface area contributed by atoms with E-state index in [1.165, 1.54) is 5.56 Å². The highest BCUT2D eigenvalue weighted by Crippen LogP contribution is 2.32. The molecular formula is C15H20N2. The molecule has 1 aromatic carbocycles. The minimum atomic E-state index is 0.176. The first-order valence-corrected chi connectivity index (χ1v) is 6.30. The molecule has 0 saturated carbocycles. The number of likely N-dealkylation sites (tertiary alicyclic amines) is 1. The van der Waals surface area contributed by atoms with Crippen LogP contribution in [0.4, 0.5) is 0 Å².